The van der Waals surface area contributed by atoms with Gasteiger partial charge < -0.3 is 15.0 Å². The summed E-state index contributed by atoms with van der Waals surface area (Å²) in [6, 6.07) is 1.82. The summed E-state index contributed by atoms with van der Waals surface area (Å²) in [5.41, 5.74) is 0. The summed E-state index contributed by atoms with van der Waals surface area (Å²) in [5.74, 6) is 2.30. The van der Waals surface area contributed by atoms with Crippen molar-refractivity contribution in [3.8, 4) is 5.88 Å². The summed E-state index contributed by atoms with van der Waals surface area (Å²) in [6.45, 7) is 7.21. The highest BCUT2D eigenvalue weighted by atomic mass is 16.5. The molecule has 20 heavy (non-hydrogen) atoms. The van der Waals surface area contributed by atoms with Crippen molar-refractivity contribution >= 4 is 5.95 Å². The quantitative estimate of drug-likeness (QED) is 0.863. The van der Waals surface area contributed by atoms with Crippen LogP contribution in [0.15, 0.2) is 12.3 Å². The number of anilines is 1. The normalized spacial score (nSPS) is 16.7. The molecule has 0 aliphatic carbocycles. The van der Waals surface area contributed by atoms with Crippen molar-refractivity contribution in [2.24, 2.45) is 5.92 Å². The first-order chi connectivity index (χ1) is 9.69. The van der Waals surface area contributed by atoms with Crippen LogP contribution in [-0.4, -0.2) is 42.8 Å². The van der Waals surface area contributed by atoms with E-state index in [1.807, 2.05) is 27.0 Å². The van der Waals surface area contributed by atoms with Gasteiger partial charge in [0.2, 0.25) is 11.8 Å². The van der Waals surface area contributed by atoms with E-state index < -0.39 is 0 Å². The Bertz CT molecular complexity index is 403. The van der Waals surface area contributed by atoms with Gasteiger partial charge >= 0.3 is 0 Å². The van der Waals surface area contributed by atoms with E-state index in [4.69, 9.17) is 4.74 Å². The van der Waals surface area contributed by atoms with Crippen LogP contribution in [0.4, 0.5) is 5.95 Å². The Morgan fingerprint density at radius 3 is 2.80 bits per heavy atom. The minimum Gasteiger partial charge on any atom is -0.475 e. The van der Waals surface area contributed by atoms with Gasteiger partial charge in [-0.2, -0.15) is 4.98 Å². The molecule has 5 nitrogen and oxygen atoms in total. The van der Waals surface area contributed by atoms with Crippen molar-refractivity contribution in [3.63, 3.8) is 0 Å². The molecular weight excluding hydrogens is 252 g/mol. The second kappa shape index (κ2) is 7.43. The minimum atomic E-state index is 0.144. The van der Waals surface area contributed by atoms with Crippen LogP contribution in [0.5, 0.6) is 5.88 Å². The molecule has 0 atom stereocenters. The first-order valence-corrected chi connectivity index (χ1v) is 7.58. The highest BCUT2D eigenvalue weighted by Gasteiger charge is 2.20. The maximum atomic E-state index is 5.63. The Balaban J connectivity index is 1.89. The summed E-state index contributed by atoms with van der Waals surface area (Å²) in [6.07, 6.45) is 5.64. The lowest BCUT2D eigenvalue weighted by Crippen LogP contribution is -2.35. The lowest BCUT2D eigenvalue weighted by atomic mass is 9.94. The third-order valence-electron chi connectivity index (χ3n) is 3.67. The minimum absolute atomic E-state index is 0.144. The van der Waals surface area contributed by atoms with E-state index in [1.165, 1.54) is 19.3 Å². The molecule has 1 fully saturated rings. The summed E-state index contributed by atoms with van der Waals surface area (Å²) >= 11 is 0. The van der Waals surface area contributed by atoms with E-state index in [1.54, 1.807) is 6.20 Å². The zero-order chi connectivity index (χ0) is 14.4. The number of hydrogen-bond acceptors (Lipinski definition) is 5. The van der Waals surface area contributed by atoms with Crippen molar-refractivity contribution in [1.29, 1.82) is 0 Å². The van der Waals surface area contributed by atoms with E-state index in [2.05, 4.69) is 20.2 Å². The lowest BCUT2D eigenvalue weighted by Gasteiger charge is -2.32. The summed E-state index contributed by atoms with van der Waals surface area (Å²) in [7, 11) is 2.02. The molecule has 2 heterocycles. The summed E-state index contributed by atoms with van der Waals surface area (Å²) < 4.78 is 5.63. The van der Waals surface area contributed by atoms with Crippen LogP contribution in [0.3, 0.4) is 0 Å². The van der Waals surface area contributed by atoms with E-state index in [0.717, 1.165) is 31.5 Å². The molecule has 1 N–H and O–H groups in total. The van der Waals surface area contributed by atoms with Crippen molar-refractivity contribution in [3.05, 3.63) is 12.3 Å². The Hall–Kier alpha value is -1.36. The number of nitrogens with one attached hydrogen (secondary N) is 1. The fourth-order valence-corrected chi connectivity index (χ4v) is 2.56. The molecule has 0 amide bonds. The average Bonchev–Trinajstić information content (AvgIpc) is 2.45. The van der Waals surface area contributed by atoms with Gasteiger partial charge in [0.15, 0.2) is 0 Å². The van der Waals surface area contributed by atoms with Gasteiger partial charge in [-0.15, -0.1) is 0 Å². The molecule has 0 radical (unpaired) electrons. The number of hydrogen-bond donors (Lipinski definition) is 1. The van der Waals surface area contributed by atoms with Gasteiger partial charge in [0.1, 0.15) is 0 Å². The average molecular weight is 278 g/mol. The van der Waals surface area contributed by atoms with Crippen molar-refractivity contribution < 1.29 is 4.74 Å². The highest BCUT2D eigenvalue weighted by Crippen LogP contribution is 2.23. The Labute approximate surface area is 121 Å². The number of ether oxygens (including phenoxy) is 1. The fourth-order valence-electron chi connectivity index (χ4n) is 2.56. The van der Waals surface area contributed by atoms with Crippen LogP contribution in [0, 0.1) is 5.92 Å². The summed E-state index contributed by atoms with van der Waals surface area (Å²) in [4.78, 5) is 11.2. The number of rotatable bonds is 6. The molecule has 5 heteroatoms. The van der Waals surface area contributed by atoms with E-state index in [9.17, 15) is 0 Å². The molecule has 112 valence electrons. The maximum Gasteiger partial charge on any atom is 0.228 e. The molecule has 1 aliphatic rings. The van der Waals surface area contributed by atoms with Crippen LogP contribution in [-0.2, 0) is 0 Å². The fraction of sp³-hybridized carbons (Fsp3) is 0.733. The Morgan fingerprint density at radius 2 is 2.15 bits per heavy atom. The highest BCUT2D eigenvalue weighted by molar-refractivity contribution is 5.32. The first-order valence-electron chi connectivity index (χ1n) is 7.58. The maximum absolute atomic E-state index is 5.63. The zero-order valence-electron chi connectivity index (χ0n) is 12.8. The predicted molar refractivity (Wildman–Crippen MR) is 81.3 cm³/mol. The van der Waals surface area contributed by atoms with Gasteiger partial charge in [-0.05, 0) is 52.6 Å². The van der Waals surface area contributed by atoms with Crippen LogP contribution in [0.1, 0.15) is 33.1 Å². The molecular formula is C15H26N4O. The molecule has 0 bridgehead atoms. The van der Waals surface area contributed by atoms with Crippen LogP contribution < -0.4 is 15.0 Å². The predicted octanol–water partition coefficient (Wildman–Crippen LogP) is 2.09. The van der Waals surface area contributed by atoms with E-state index >= 15 is 0 Å². The smallest absolute Gasteiger partial charge is 0.228 e. The third-order valence-corrected chi connectivity index (χ3v) is 3.67. The molecule has 2 rings (SSSR count). The van der Waals surface area contributed by atoms with Gasteiger partial charge in [0.25, 0.3) is 0 Å². The number of nitrogens with zero attached hydrogens (tertiary/aromatic N) is 3. The van der Waals surface area contributed by atoms with Crippen LogP contribution in [0.2, 0.25) is 0 Å². The second-order valence-electron chi connectivity index (χ2n) is 5.68. The molecule has 0 aromatic carbocycles. The van der Waals surface area contributed by atoms with Crippen molar-refractivity contribution in [1.82, 2.24) is 15.3 Å². The third kappa shape index (κ3) is 4.34. The molecule has 1 aliphatic heterocycles. The topological polar surface area (TPSA) is 50.3 Å². The molecule has 1 saturated heterocycles. The van der Waals surface area contributed by atoms with Gasteiger partial charge in [0, 0.05) is 25.4 Å². The Kier molecular flexibility index (Phi) is 5.59. The lowest BCUT2D eigenvalue weighted by molar-refractivity contribution is 0.232. The van der Waals surface area contributed by atoms with E-state index in [-0.39, 0.29) is 6.10 Å². The van der Waals surface area contributed by atoms with Crippen molar-refractivity contribution in [2.75, 3.05) is 31.6 Å². The number of aromatic nitrogens is 2. The first kappa shape index (κ1) is 15.0. The van der Waals surface area contributed by atoms with Gasteiger partial charge in [-0.25, -0.2) is 4.98 Å². The SMILES string of the molecule is CNCCC1CCN(c2nccc(OC(C)C)n2)CC1. The van der Waals surface area contributed by atoms with Crippen LogP contribution in [0.25, 0.3) is 0 Å². The summed E-state index contributed by atoms with van der Waals surface area (Å²) in [5, 5.41) is 3.23. The van der Waals surface area contributed by atoms with Gasteiger partial charge in [-0.1, -0.05) is 0 Å². The van der Waals surface area contributed by atoms with Gasteiger partial charge in [-0.3, -0.25) is 0 Å². The van der Waals surface area contributed by atoms with Crippen molar-refractivity contribution in [2.45, 2.75) is 39.2 Å². The van der Waals surface area contributed by atoms with E-state index in [0.29, 0.717) is 5.88 Å². The molecule has 1 aromatic heterocycles. The largest absolute Gasteiger partial charge is 0.475 e. The zero-order valence-corrected chi connectivity index (χ0v) is 12.8. The van der Waals surface area contributed by atoms with Gasteiger partial charge in [0.05, 0.1) is 6.10 Å². The molecule has 0 spiro atoms. The standard InChI is InChI=1S/C15H26N4O/c1-12(2)20-14-5-9-17-15(18-14)19-10-6-13(7-11-19)4-8-16-3/h5,9,12-13,16H,4,6-8,10-11H2,1-3H3. The molecule has 0 unspecified atom stereocenters. The molecule has 1 aromatic rings. The molecule has 0 saturated carbocycles. The monoisotopic (exact) mass is 278 g/mol. The Morgan fingerprint density at radius 1 is 1.40 bits per heavy atom. The second-order valence-corrected chi connectivity index (χ2v) is 5.68. The van der Waals surface area contributed by atoms with Crippen LogP contribution >= 0.6 is 0 Å². The number of piperidine rings is 1.